The second kappa shape index (κ2) is 5.01. The van der Waals surface area contributed by atoms with Crippen LogP contribution in [-0.4, -0.2) is 12.4 Å². The van der Waals surface area contributed by atoms with E-state index in [0.717, 1.165) is 11.5 Å². The van der Waals surface area contributed by atoms with Gasteiger partial charge in [0.1, 0.15) is 5.75 Å². The summed E-state index contributed by atoms with van der Waals surface area (Å²) in [5, 5.41) is 2.46. The van der Waals surface area contributed by atoms with Gasteiger partial charge in [-0.3, -0.25) is 0 Å². The van der Waals surface area contributed by atoms with Gasteiger partial charge in [-0.05, 0) is 28.7 Å². The number of fused-ring (bicyclic) bond motifs is 1. The molecule has 0 aliphatic carbocycles. The van der Waals surface area contributed by atoms with Gasteiger partial charge in [0.15, 0.2) is 0 Å². The van der Waals surface area contributed by atoms with Crippen molar-refractivity contribution < 1.29 is 4.74 Å². The van der Waals surface area contributed by atoms with E-state index < -0.39 is 0 Å². The minimum atomic E-state index is 0.106. The van der Waals surface area contributed by atoms with E-state index in [4.69, 9.17) is 4.74 Å². The van der Waals surface area contributed by atoms with Gasteiger partial charge in [-0.1, -0.05) is 44.2 Å². The van der Waals surface area contributed by atoms with Crippen LogP contribution in [0.3, 0.4) is 0 Å². The topological polar surface area (TPSA) is 9.23 Å². The third kappa shape index (κ3) is 3.16. The fourth-order valence-electron chi connectivity index (χ4n) is 1.58. The molecule has 0 N–H and O–H groups in total. The van der Waals surface area contributed by atoms with Crippen LogP contribution in [0.2, 0.25) is 0 Å². The molecule has 2 heteroatoms. The second-order valence-electron chi connectivity index (χ2n) is 5.12. The summed E-state index contributed by atoms with van der Waals surface area (Å²) in [6.07, 6.45) is 0. The Bertz CT molecular complexity index is 505. The Hall–Kier alpha value is -1.15. The Morgan fingerprint density at radius 1 is 1.06 bits per heavy atom. The van der Waals surface area contributed by atoms with Crippen molar-refractivity contribution in [2.24, 2.45) is 5.41 Å². The molecule has 0 saturated carbocycles. The Balaban J connectivity index is 2.14. The largest absolute Gasteiger partial charge is 0.493 e. The molecule has 2 rings (SSSR count). The van der Waals surface area contributed by atoms with Crippen molar-refractivity contribution in [3.05, 3.63) is 42.5 Å². The number of hydrogen-bond acceptors (Lipinski definition) is 2. The van der Waals surface area contributed by atoms with E-state index in [9.17, 15) is 0 Å². The number of benzene rings is 2. The van der Waals surface area contributed by atoms with Gasteiger partial charge in [0, 0.05) is 5.41 Å². The summed E-state index contributed by atoms with van der Waals surface area (Å²) in [5.41, 5.74) is 0.106. The molecular weight excluding hydrogens is 228 g/mol. The fraction of sp³-hybridized carbons (Fsp3) is 0.333. The average molecular weight is 246 g/mol. The van der Waals surface area contributed by atoms with Gasteiger partial charge in [-0.2, -0.15) is 12.6 Å². The molecule has 0 amide bonds. The first-order valence-corrected chi connectivity index (χ1v) is 6.46. The molecule has 0 atom stereocenters. The van der Waals surface area contributed by atoms with Crippen molar-refractivity contribution in [1.29, 1.82) is 0 Å². The van der Waals surface area contributed by atoms with Gasteiger partial charge in [0.2, 0.25) is 0 Å². The Kier molecular flexibility index (Phi) is 3.63. The molecule has 90 valence electrons. The molecule has 0 unspecified atom stereocenters. The van der Waals surface area contributed by atoms with E-state index in [1.807, 2.05) is 18.2 Å². The van der Waals surface area contributed by atoms with Crippen molar-refractivity contribution in [3.63, 3.8) is 0 Å². The van der Waals surface area contributed by atoms with Crippen LogP contribution in [0.25, 0.3) is 10.8 Å². The van der Waals surface area contributed by atoms with Crippen LogP contribution in [0.4, 0.5) is 0 Å². The third-order valence-electron chi connectivity index (χ3n) is 2.78. The minimum Gasteiger partial charge on any atom is -0.493 e. The third-order valence-corrected chi connectivity index (χ3v) is 3.63. The Morgan fingerprint density at radius 2 is 1.76 bits per heavy atom. The van der Waals surface area contributed by atoms with Crippen LogP contribution in [0.1, 0.15) is 13.8 Å². The lowest BCUT2D eigenvalue weighted by Crippen LogP contribution is -2.23. The van der Waals surface area contributed by atoms with Crippen molar-refractivity contribution in [3.8, 4) is 5.75 Å². The monoisotopic (exact) mass is 246 g/mol. The number of rotatable bonds is 4. The van der Waals surface area contributed by atoms with Crippen LogP contribution in [0.15, 0.2) is 42.5 Å². The van der Waals surface area contributed by atoms with Crippen molar-refractivity contribution >= 4 is 23.4 Å². The fourth-order valence-corrected chi connectivity index (χ4v) is 1.67. The van der Waals surface area contributed by atoms with E-state index in [0.29, 0.717) is 6.61 Å². The van der Waals surface area contributed by atoms with E-state index >= 15 is 0 Å². The number of thiol groups is 1. The molecule has 0 bridgehead atoms. The molecular formula is C15H18OS. The number of hydrogen-bond donors (Lipinski definition) is 1. The standard InChI is InChI=1S/C15H18OS/c1-15(2,11-17)10-16-14-8-7-12-5-3-4-6-13(12)9-14/h3-9,17H,10-11H2,1-2H3. The molecule has 0 radical (unpaired) electrons. The predicted octanol–water partition coefficient (Wildman–Crippen LogP) is 4.17. The maximum absolute atomic E-state index is 5.82. The highest BCUT2D eigenvalue weighted by atomic mass is 32.1. The van der Waals surface area contributed by atoms with Gasteiger partial charge in [-0.15, -0.1) is 0 Å². The van der Waals surface area contributed by atoms with Crippen LogP contribution in [0.5, 0.6) is 5.75 Å². The van der Waals surface area contributed by atoms with Crippen LogP contribution < -0.4 is 4.74 Å². The van der Waals surface area contributed by atoms with E-state index in [1.54, 1.807) is 0 Å². The molecule has 2 aromatic carbocycles. The quantitative estimate of drug-likeness (QED) is 0.796. The highest BCUT2D eigenvalue weighted by molar-refractivity contribution is 7.80. The van der Waals surface area contributed by atoms with Gasteiger partial charge >= 0.3 is 0 Å². The minimum absolute atomic E-state index is 0.106. The predicted molar refractivity (Wildman–Crippen MR) is 77.1 cm³/mol. The first-order chi connectivity index (χ1) is 8.11. The molecule has 0 aliphatic heterocycles. The Morgan fingerprint density at radius 3 is 2.47 bits per heavy atom. The normalized spacial score (nSPS) is 11.7. The summed E-state index contributed by atoms with van der Waals surface area (Å²) in [4.78, 5) is 0. The van der Waals surface area contributed by atoms with E-state index in [2.05, 4.69) is 50.7 Å². The van der Waals surface area contributed by atoms with Crippen molar-refractivity contribution in [2.75, 3.05) is 12.4 Å². The summed E-state index contributed by atoms with van der Waals surface area (Å²) in [7, 11) is 0. The molecule has 0 heterocycles. The molecule has 0 aliphatic rings. The average Bonchev–Trinajstić information content (AvgIpc) is 2.36. The van der Waals surface area contributed by atoms with Crippen molar-refractivity contribution in [1.82, 2.24) is 0 Å². The maximum Gasteiger partial charge on any atom is 0.119 e. The lowest BCUT2D eigenvalue weighted by Gasteiger charge is -2.22. The van der Waals surface area contributed by atoms with E-state index in [-0.39, 0.29) is 5.41 Å². The number of ether oxygens (including phenoxy) is 1. The first-order valence-electron chi connectivity index (χ1n) is 5.83. The zero-order chi connectivity index (χ0) is 12.3. The highest BCUT2D eigenvalue weighted by Gasteiger charge is 2.16. The van der Waals surface area contributed by atoms with Gasteiger partial charge in [0.05, 0.1) is 6.61 Å². The molecule has 1 nitrogen and oxygen atoms in total. The van der Waals surface area contributed by atoms with Gasteiger partial charge in [-0.25, -0.2) is 0 Å². The summed E-state index contributed by atoms with van der Waals surface area (Å²) in [5.74, 6) is 1.75. The lowest BCUT2D eigenvalue weighted by atomic mass is 9.98. The Labute approximate surface area is 108 Å². The SMILES string of the molecule is CC(C)(CS)COc1ccc2ccccc2c1. The first kappa shape index (κ1) is 12.3. The molecule has 0 spiro atoms. The van der Waals surface area contributed by atoms with E-state index in [1.165, 1.54) is 10.8 Å². The van der Waals surface area contributed by atoms with Gasteiger partial charge < -0.3 is 4.74 Å². The zero-order valence-electron chi connectivity index (χ0n) is 10.3. The molecule has 2 aromatic rings. The smallest absolute Gasteiger partial charge is 0.119 e. The second-order valence-corrected chi connectivity index (χ2v) is 5.44. The zero-order valence-corrected chi connectivity index (χ0v) is 11.2. The van der Waals surface area contributed by atoms with Crippen LogP contribution in [-0.2, 0) is 0 Å². The molecule has 0 fully saturated rings. The van der Waals surface area contributed by atoms with Crippen LogP contribution >= 0.6 is 12.6 Å². The molecule has 0 saturated heterocycles. The summed E-state index contributed by atoms with van der Waals surface area (Å²) in [6, 6.07) is 14.5. The highest BCUT2D eigenvalue weighted by Crippen LogP contribution is 2.23. The van der Waals surface area contributed by atoms with Crippen molar-refractivity contribution in [2.45, 2.75) is 13.8 Å². The molecule has 0 aromatic heterocycles. The summed E-state index contributed by atoms with van der Waals surface area (Å²) >= 11 is 4.33. The lowest BCUT2D eigenvalue weighted by molar-refractivity contribution is 0.202. The van der Waals surface area contributed by atoms with Gasteiger partial charge in [0.25, 0.3) is 0 Å². The van der Waals surface area contributed by atoms with Crippen LogP contribution in [0, 0.1) is 5.41 Å². The molecule has 17 heavy (non-hydrogen) atoms. The maximum atomic E-state index is 5.82. The summed E-state index contributed by atoms with van der Waals surface area (Å²) < 4.78 is 5.82. The summed E-state index contributed by atoms with van der Waals surface area (Å²) in [6.45, 7) is 5.00.